The second kappa shape index (κ2) is 5.62. The highest BCUT2D eigenvalue weighted by molar-refractivity contribution is 6.05. The van der Waals surface area contributed by atoms with Gasteiger partial charge in [-0.15, -0.1) is 0 Å². The quantitative estimate of drug-likeness (QED) is 0.443. The second-order valence-electron chi connectivity index (χ2n) is 7.17. The lowest BCUT2D eigenvalue weighted by molar-refractivity contribution is 0.0908. The highest BCUT2D eigenvalue weighted by Crippen LogP contribution is 2.35. The van der Waals surface area contributed by atoms with Crippen molar-refractivity contribution in [3.63, 3.8) is 0 Å². The Morgan fingerprint density at radius 1 is 1.37 bits per heavy atom. The van der Waals surface area contributed by atoms with Gasteiger partial charge in [-0.25, -0.2) is 9.97 Å². The number of aryl methyl sites for hydroxylation is 1. The van der Waals surface area contributed by atoms with Crippen LogP contribution >= 0.6 is 0 Å². The van der Waals surface area contributed by atoms with Crippen molar-refractivity contribution < 1.29 is 9.90 Å². The molecule has 0 bridgehead atoms. The van der Waals surface area contributed by atoms with E-state index in [-0.39, 0.29) is 12.5 Å². The number of carbonyl (C=O) groups excluding carboxylic acids is 1. The van der Waals surface area contributed by atoms with Gasteiger partial charge in [0.2, 0.25) is 0 Å². The van der Waals surface area contributed by atoms with Gasteiger partial charge in [-0.2, -0.15) is 5.10 Å². The van der Waals surface area contributed by atoms with E-state index in [1.807, 2.05) is 25.1 Å². The molecule has 0 aliphatic heterocycles. The Morgan fingerprint density at radius 2 is 2.22 bits per heavy atom. The molecule has 0 radical (unpaired) electrons. The topological polar surface area (TPSA) is 120 Å². The van der Waals surface area contributed by atoms with Crippen LogP contribution in [0.4, 0.5) is 0 Å². The summed E-state index contributed by atoms with van der Waals surface area (Å²) >= 11 is 0. The molecule has 0 atom stereocenters. The van der Waals surface area contributed by atoms with Gasteiger partial charge < -0.3 is 15.4 Å². The molecular weight excluding hydrogens is 344 g/mol. The number of benzene rings is 1. The van der Waals surface area contributed by atoms with E-state index in [1.165, 1.54) is 0 Å². The Hall–Kier alpha value is -3.26. The predicted molar refractivity (Wildman–Crippen MR) is 100 cm³/mol. The van der Waals surface area contributed by atoms with Crippen molar-refractivity contribution in [3.8, 4) is 11.4 Å². The van der Waals surface area contributed by atoms with Gasteiger partial charge in [0.1, 0.15) is 16.9 Å². The molecule has 1 aliphatic carbocycles. The van der Waals surface area contributed by atoms with Gasteiger partial charge in [0.05, 0.1) is 29.4 Å². The Morgan fingerprint density at radius 3 is 3.00 bits per heavy atom. The lowest BCUT2D eigenvalue weighted by atomic mass is 10.1. The number of hydrogen-bond acceptors (Lipinski definition) is 5. The van der Waals surface area contributed by atoms with Crippen LogP contribution in [0.25, 0.3) is 33.5 Å². The molecule has 1 saturated carbocycles. The lowest BCUT2D eigenvalue weighted by Gasteiger charge is -2.13. The van der Waals surface area contributed by atoms with Gasteiger partial charge in [-0.05, 0) is 31.4 Å². The van der Waals surface area contributed by atoms with Crippen LogP contribution in [0, 0.1) is 6.92 Å². The highest BCUT2D eigenvalue weighted by atomic mass is 16.3. The van der Waals surface area contributed by atoms with E-state index in [1.54, 1.807) is 12.4 Å². The van der Waals surface area contributed by atoms with Crippen molar-refractivity contribution in [2.75, 3.05) is 6.61 Å². The number of H-pyrrole nitrogens is 2. The van der Waals surface area contributed by atoms with E-state index in [9.17, 15) is 9.90 Å². The molecule has 27 heavy (non-hydrogen) atoms. The number of carbonyl (C=O) groups is 1. The molecular formula is C19H18N6O2. The third kappa shape index (κ3) is 2.57. The first kappa shape index (κ1) is 16.0. The SMILES string of the molecule is Cc1ccc2c(-c3cnc4[nH]cc(C(=O)NC5(CO)CC5)c4n3)n[nH]c2c1. The van der Waals surface area contributed by atoms with E-state index in [2.05, 4.69) is 30.5 Å². The predicted octanol–water partition coefficient (Wildman–Crippen LogP) is 2.06. The van der Waals surface area contributed by atoms with Gasteiger partial charge in [-0.3, -0.25) is 9.89 Å². The zero-order valence-corrected chi connectivity index (χ0v) is 14.7. The molecule has 1 fully saturated rings. The molecule has 8 nitrogen and oxygen atoms in total. The maximum absolute atomic E-state index is 12.7. The number of nitrogens with one attached hydrogen (secondary N) is 3. The number of fused-ring (bicyclic) bond motifs is 2. The van der Waals surface area contributed by atoms with Gasteiger partial charge in [0.25, 0.3) is 5.91 Å². The van der Waals surface area contributed by atoms with E-state index < -0.39 is 5.54 Å². The van der Waals surface area contributed by atoms with Crippen molar-refractivity contribution in [2.45, 2.75) is 25.3 Å². The molecule has 1 aliphatic rings. The largest absolute Gasteiger partial charge is 0.394 e. The normalized spacial score (nSPS) is 15.3. The Labute approximate surface area is 154 Å². The van der Waals surface area contributed by atoms with Gasteiger partial charge in [0, 0.05) is 11.6 Å². The molecule has 0 saturated heterocycles. The van der Waals surface area contributed by atoms with E-state index in [0.717, 1.165) is 29.3 Å². The zero-order chi connectivity index (χ0) is 18.6. The second-order valence-corrected chi connectivity index (χ2v) is 7.17. The first-order chi connectivity index (χ1) is 13.1. The number of hydrogen-bond donors (Lipinski definition) is 4. The first-order valence-corrected chi connectivity index (χ1v) is 8.81. The van der Waals surface area contributed by atoms with Crippen molar-refractivity contribution >= 4 is 28.0 Å². The third-order valence-corrected chi connectivity index (χ3v) is 5.12. The Balaban J connectivity index is 1.57. The summed E-state index contributed by atoms with van der Waals surface area (Å²) < 4.78 is 0. The molecule has 3 aromatic heterocycles. The molecule has 8 heteroatoms. The average molecular weight is 362 g/mol. The van der Waals surface area contributed by atoms with Crippen LogP contribution in [0.3, 0.4) is 0 Å². The Bertz CT molecular complexity index is 1190. The van der Waals surface area contributed by atoms with Crippen LogP contribution in [0.2, 0.25) is 0 Å². The molecule has 0 unspecified atom stereocenters. The number of aromatic nitrogens is 5. The third-order valence-electron chi connectivity index (χ3n) is 5.12. The number of amides is 1. The molecule has 1 aromatic carbocycles. The molecule has 4 aromatic rings. The van der Waals surface area contributed by atoms with Crippen LogP contribution in [0.15, 0.2) is 30.6 Å². The fourth-order valence-electron chi connectivity index (χ4n) is 3.29. The van der Waals surface area contributed by atoms with Gasteiger partial charge >= 0.3 is 0 Å². The van der Waals surface area contributed by atoms with E-state index in [0.29, 0.717) is 28.1 Å². The van der Waals surface area contributed by atoms with Crippen molar-refractivity contribution in [1.82, 2.24) is 30.5 Å². The van der Waals surface area contributed by atoms with Crippen molar-refractivity contribution in [3.05, 3.63) is 41.7 Å². The minimum Gasteiger partial charge on any atom is -0.394 e. The monoisotopic (exact) mass is 362 g/mol. The summed E-state index contributed by atoms with van der Waals surface area (Å²) in [6.45, 7) is 1.96. The number of aromatic amines is 2. The molecule has 3 heterocycles. The summed E-state index contributed by atoms with van der Waals surface area (Å²) in [7, 11) is 0. The van der Waals surface area contributed by atoms with Crippen LogP contribution in [-0.2, 0) is 0 Å². The molecule has 4 N–H and O–H groups in total. The fraction of sp³-hybridized carbons (Fsp3) is 0.263. The lowest BCUT2D eigenvalue weighted by Crippen LogP contribution is -2.39. The smallest absolute Gasteiger partial charge is 0.255 e. The first-order valence-electron chi connectivity index (χ1n) is 8.81. The standard InChI is InChI=1S/C19H18N6O2/c1-10-2-3-11-13(6-10)24-25-15(11)14-8-21-17-16(22-14)12(7-20-17)18(27)23-19(9-26)4-5-19/h2-3,6-8,26H,4-5,9H2,1H3,(H,20,21)(H,23,27)(H,24,25). The molecule has 136 valence electrons. The van der Waals surface area contributed by atoms with Crippen LogP contribution in [-0.4, -0.2) is 48.3 Å². The van der Waals surface area contributed by atoms with Gasteiger partial charge in [0.15, 0.2) is 5.65 Å². The highest BCUT2D eigenvalue weighted by Gasteiger charge is 2.43. The molecule has 1 amide bonds. The van der Waals surface area contributed by atoms with Crippen LogP contribution in [0.1, 0.15) is 28.8 Å². The number of aliphatic hydroxyl groups excluding tert-OH is 1. The zero-order valence-electron chi connectivity index (χ0n) is 14.7. The van der Waals surface area contributed by atoms with Crippen molar-refractivity contribution in [1.29, 1.82) is 0 Å². The van der Waals surface area contributed by atoms with E-state index >= 15 is 0 Å². The number of aliphatic hydroxyl groups is 1. The summed E-state index contributed by atoms with van der Waals surface area (Å²) in [4.78, 5) is 24.7. The summed E-state index contributed by atoms with van der Waals surface area (Å²) in [6, 6.07) is 6.04. The fourth-order valence-corrected chi connectivity index (χ4v) is 3.29. The maximum Gasteiger partial charge on any atom is 0.255 e. The van der Waals surface area contributed by atoms with Crippen molar-refractivity contribution in [2.24, 2.45) is 0 Å². The number of rotatable bonds is 4. The number of nitrogens with zero attached hydrogens (tertiary/aromatic N) is 3. The Kier molecular flexibility index (Phi) is 3.32. The van der Waals surface area contributed by atoms with Gasteiger partial charge in [-0.1, -0.05) is 12.1 Å². The summed E-state index contributed by atoms with van der Waals surface area (Å²) in [5.74, 6) is -0.262. The van der Waals surface area contributed by atoms with Crippen LogP contribution in [0.5, 0.6) is 0 Å². The molecule has 5 rings (SSSR count). The minimum absolute atomic E-state index is 0.0588. The summed E-state index contributed by atoms with van der Waals surface area (Å²) in [5.41, 5.74) is 4.31. The summed E-state index contributed by atoms with van der Waals surface area (Å²) in [5, 5.41) is 20.7. The molecule has 0 spiro atoms. The maximum atomic E-state index is 12.7. The minimum atomic E-state index is -0.484. The summed E-state index contributed by atoms with van der Waals surface area (Å²) in [6.07, 6.45) is 4.82. The van der Waals surface area contributed by atoms with Crippen LogP contribution < -0.4 is 5.32 Å². The van der Waals surface area contributed by atoms with E-state index in [4.69, 9.17) is 0 Å². The average Bonchev–Trinajstić information content (AvgIpc) is 3.13.